The summed E-state index contributed by atoms with van der Waals surface area (Å²) in [7, 11) is 0. The van der Waals surface area contributed by atoms with Crippen LogP contribution in [-0.2, 0) is 14.3 Å². The number of rotatable bonds is 2. The van der Waals surface area contributed by atoms with Gasteiger partial charge >= 0.3 is 0 Å². The first-order chi connectivity index (χ1) is 8.18. The standard InChI is InChI=1S/C12H16N2O3/c1-8-3-4-13-9(2)11(8)14-12(15)10-7-16-5-6-17-10/h3-4,10H,5-7H2,1-2H3,(H,14,15). The van der Waals surface area contributed by atoms with Crippen molar-refractivity contribution in [3.8, 4) is 0 Å². The Hall–Kier alpha value is -1.46. The van der Waals surface area contributed by atoms with Gasteiger partial charge in [0.05, 0.1) is 31.2 Å². The molecular formula is C12H16N2O3. The van der Waals surface area contributed by atoms with Crippen molar-refractivity contribution in [1.29, 1.82) is 0 Å². The van der Waals surface area contributed by atoms with Gasteiger partial charge in [-0.15, -0.1) is 0 Å². The third-order valence-corrected chi connectivity index (χ3v) is 2.71. The van der Waals surface area contributed by atoms with Crippen LogP contribution in [-0.4, -0.2) is 36.8 Å². The predicted octanol–water partition coefficient (Wildman–Crippen LogP) is 1.05. The van der Waals surface area contributed by atoms with E-state index in [1.807, 2.05) is 19.9 Å². The fraction of sp³-hybridized carbons (Fsp3) is 0.500. The minimum absolute atomic E-state index is 0.177. The van der Waals surface area contributed by atoms with Gasteiger partial charge in [0.2, 0.25) is 0 Å². The van der Waals surface area contributed by atoms with Crippen LogP contribution >= 0.6 is 0 Å². The van der Waals surface area contributed by atoms with Crippen LogP contribution in [0.4, 0.5) is 5.69 Å². The second-order valence-corrected chi connectivity index (χ2v) is 4.01. The Morgan fingerprint density at radius 3 is 2.94 bits per heavy atom. The van der Waals surface area contributed by atoms with Gasteiger partial charge < -0.3 is 14.8 Å². The van der Waals surface area contributed by atoms with E-state index in [9.17, 15) is 4.79 Å². The maximum Gasteiger partial charge on any atom is 0.255 e. The molecule has 17 heavy (non-hydrogen) atoms. The molecule has 1 fully saturated rings. The van der Waals surface area contributed by atoms with E-state index in [4.69, 9.17) is 9.47 Å². The number of carbonyl (C=O) groups excluding carboxylic acids is 1. The molecule has 1 aromatic heterocycles. The number of nitrogens with one attached hydrogen (secondary N) is 1. The highest BCUT2D eigenvalue weighted by Gasteiger charge is 2.23. The summed E-state index contributed by atoms with van der Waals surface area (Å²) in [5, 5.41) is 2.84. The van der Waals surface area contributed by atoms with Gasteiger partial charge in [-0.2, -0.15) is 0 Å². The number of anilines is 1. The van der Waals surface area contributed by atoms with Gasteiger partial charge in [0.25, 0.3) is 5.91 Å². The molecule has 1 unspecified atom stereocenters. The molecule has 0 saturated carbocycles. The summed E-state index contributed by atoms with van der Waals surface area (Å²) < 4.78 is 10.5. The van der Waals surface area contributed by atoms with Crippen molar-refractivity contribution in [1.82, 2.24) is 4.98 Å². The molecule has 1 amide bonds. The SMILES string of the molecule is Cc1ccnc(C)c1NC(=O)C1COCCO1. The Labute approximate surface area is 100 Å². The van der Waals surface area contributed by atoms with Crippen molar-refractivity contribution in [3.05, 3.63) is 23.5 Å². The van der Waals surface area contributed by atoms with E-state index >= 15 is 0 Å². The molecule has 1 aromatic rings. The molecule has 2 heterocycles. The van der Waals surface area contributed by atoms with E-state index < -0.39 is 6.10 Å². The lowest BCUT2D eigenvalue weighted by Crippen LogP contribution is -2.39. The normalized spacial score (nSPS) is 20.0. The Balaban J connectivity index is 2.07. The fourth-order valence-corrected chi connectivity index (χ4v) is 1.73. The zero-order chi connectivity index (χ0) is 12.3. The van der Waals surface area contributed by atoms with E-state index in [-0.39, 0.29) is 5.91 Å². The molecule has 5 heteroatoms. The molecule has 5 nitrogen and oxygen atoms in total. The number of hydrogen-bond donors (Lipinski definition) is 1. The Morgan fingerprint density at radius 2 is 2.29 bits per heavy atom. The topological polar surface area (TPSA) is 60.5 Å². The summed E-state index contributed by atoms with van der Waals surface area (Å²) >= 11 is 0. The highest BCUT2D eigenvalue weighted by molar-refractivity contribution is 5.95. The van der Waals surface area contributed by atoms with Crippen LogP contribution in [0.2, 0.25) is 0 Å². The van der Waals surface area contributed by atoms with Gasteiger partial charge in [-0.1, -0.05) is 0 Å². The summed E-state index contributed by atoms with van der Waals surface area (Å²) in [6, 6.07) is 1.86. The number of hydrogen-bond acceptors (Lipinski definition) is 4. The van der Waals surface area contributed by atoms with Crippen molar-refractivity contribution in [3.63, 3.8) is 0 Å². The first-order valence-electron chi connectivity index (χ1n) is 5.61. The zero-order valence-electron chi connectivity index (χ0n) is 10.0. The zero-order valence-corrected chi connectivity index (χ0v) is 10.0. The Bertz CT molecular complexity index is 394. The van der Waals surface area contributed by atoms with Crippen molar-refractivity contribution in [2.75, 3.05) is 25.1 Å². The third kappa shape index (κ3) is 2.81. The number of aryl methyl sites for hydroxylation is 2. The number of carbonyl (C=O) groups is 1. The highest BCUT2D eigenvalue weighted by atomic mass is 16.6. The number of aromatic nitrogens is 1. The summed E-state index contributed by atoms with van der Waals surface area (Å²) in [5.74, 6) is -0.177. The number of pyridine rings is 1. The molecule has 0 spiro atoms. The molecule has 0 aromatic carbocycles. The van der Waals surface area contributed by atoms with E-state index in [2.05, 4.69) is 10.3 Å². The second kappa shape index (κ2) is 5.25. The van der Waals surface area contributed by atoms with Crippen molar-refractivity contribution in [2.24, 2.45) is 0 Å². The predicted molar refractivity (Wildman–Crippen MR) is 62.9 cm³/mol. The average molecular weight is 236 g/mol. The quantitative estimate of drug-likeness (QED) is 0.833. The monoisotopic (exact) mass is 236 g/mol. The van der Waals surface area contributed by atoms with Crippen LogP contribution in [0.1, 0.15) is 11.3 Å². The van der Waals surface area contributed by atoms with E-state index in [1.165, 1.54) is 0 Å². The van der Waals surface area contributed by atoms with Gasteiger partial charge in [-0.25, -0.2) is 0 Å². The lowest BCUT2D eigenvalue weighted by atomic mass is 10.2. The smallest absolute Gasteiger partial charge is 0.255 e. The molecule has 0 radical (unpaired) electrons. The molecule has 0 aliphatic carbocycles. The number of nitrogens with zero attached hydrogens (tertiary/aromatic N) is 1. The maximum absolute atomic E-state index is 11.9. The van der Waals surface area contributed by atoms with Crippen LogP contribution in [0.3, 0.4) is 0 Å². The summed E-state index contributed by atoms with van der Waals surface area (Å²) in [6.07, 6.45) is 1.20. The van der Waals surface area contributed by atoms with Crippen LogP contribution < -0.4 is 5.32 Å². The largest absolute Gasteiger partial charge is 0.376 e. The number of amides is 1. The molecular weight excluding hydrogens is 220 g/mol. The van der Waals surface area contributed by atoms with Crippen LogP contribution in [0.5, 0.6) is 0 Å². The lowest BCUT2D eigenvalue weighted by molar-refractivity contribution is -0.142. The summed E-state index contributed by atoms with van der Waals surface area (Å²) in [5.41, 5.74) is 2.55. The third-order valence-electron chi connectivity index (χ3n) is 2.71. The molecule has 0 bridgehead atoms. The van der Waals surface area contributed by atoms with Crippen molar-refractivity contribution >= 4 is 11.6 Å². The van der Waals surface area contributed by atoms with Gasteiger partial charge in [0.1, 0.15) is 0 Å². The van der Waals surface area contributed by atoms with Gasteiger partial charge in [0, 0.05) is 6.20 Å². The summed E-state index contributed by atoms with van der Waals surface area (Å²) in [4.78, 5) is 16.1. The number of ether oxygens (including phenoxy) is 2. The fourth-order valence-electron chi connectivity index (χ4n) is 1.73. The highest BCUT2D eigenvalue weighted by Crippen LogP contribution is 2.18. The van der Waals surface area contributed by atoms with E-state index in [1.54, 1.807) is 6.20 Å². The van der Waals surface area contributed by atoms with Gasteiger partial charge in [-0.3, -0.25) is 9.78 Å². The average Bonchev–Trinajstić information content (AvgIpc) is 2.35. The van der Waals surface area contributed by atoms with Crippen LogP contribution in [0, 0.1) is 13.8 Å². The first kappa shape index (κ1) is 12.0. The Kier molecular flexibility index (Phi) is 3.71. The van der Waals surface area contributed by atoms with Gasteiger partial charge in [-0.05, 0) is 25.5 Å². The van der Waals surface area contributed by atoms with Crippen molar-refractivity contribution < 1.29 is 14.3 Å². The van der Waals surface area contributed by atoms with E-state index in [0.29, 0.717) is 19.8 Å². The summed E-state index contributed by atoms with van der Waals surface area (Å²) in [6.45, 7) is 5.12. The maximum atomic E-state index is 11.9. The molecule has 1 aliphatic rings. The second-order valence-electron chi connectivity index (χ2n) is 4.01. The molecule has 92 valence electrons. The Morgan fingerprint density at radius 1 is 1.47 bits per heavy atom. The molecule has 1 saturated heterocycles. The molecule has 1 aliphatic heterocycles. The minimum atomic E-state index is -0.525. The molecule has 1 N–H and O–H groups in total. The van der Waals surface area contributed by atoms with Crippen molar-refractivity contribution in [2.45, 2.75) is 20.0 Å². The molecule has 1 atom stereocenters. The molecule has 2 rings (SSSR count). The minimum Gasteiger partial charge on any atom is -0.376 e. The first-order valence-corrected chi connectivity index (χ1v) is 5.61. The van der Waals surface area contributed by atoms with Gasteiger partial charge in [0.15, 0.2) is 6.10 Å². The lowest BCUT2D eigenvalue weighted by Gasteiger charge is -2.22. The van der Waals surface area contributed by atoms with E-state index in [0.717, 1.165) is 16.9 Å². The van der Waals surface area contributed by atoms with Crippen LogP contribution in [0.15, 0.2) is 12.3 Å². The van der Waals surface area contributed by atoms with Crippen LogP contribution in [0.25, 0.3) is 0 Å².